The van der Waals surface area contributed by atoms with Crippen molar-refractivity contribution >= 4 is 0 Å². The fourth-order valence-corrected chi connectivity index (χ4v) is 0.816. The summed E-state index contributed by atoms with van der Waals surface area (Å²) in [5, 5.41) is 9.12. The normalized spacial score (nSPS) is 14.8. The molecule has 2 heteroatoms. The summed E-state index contributed by atoms with van der Waals surface area (Å²) >= 11 is 0. The summed E-state index contributed by atoms with van der Waals surface area (Å²) in [5.41, 5.74) is 7.01. The Morgan fingerprint density at radius 1 is 1.25 bits per heavy atom. The van der Waals surface area contributed by atoms with E-state index in [2.05, 4.69) is 0 Å². The van der Waals surface area contributed by atoms with Gasteiger partial charge < -0.3 is 10.8 Å². The monoisotopic (exact) mass is 171 g/mol. The van der Waals surface area contributed by atoms with Crippen molar-refractivity contribution in [2.75, 3.05) is 0 Å². The van der Waals surface area contributed by atoms with E-state index in [0.29, 0.717) is 5.70 Å². The van der Waals surface area contributed by atoms with Gasteiger partial charge in [-0.2, -0.15) is 0 Å². The van der Waals surface area contributed by atoms with Crippen molar-refractivity contribution in [1.29, 1.82) is 0 Å². The Kier molecular flexibility index (Phi) is 9.59. The van der Waals surface area contributed by atoms with E-state index >= 15 is 0 Å². The van der Waals surface area contributed by atoms with Crippen molar-refractivity contribution < 1.29 is 5.11 Å². The van der Waals surface area contributed by atoms with Gasteiger partial charge in [0.1, 0.15) is 0 Å². The maximum Gasteiger partial charge on any atom is 0.0778 e. The summed E-state index contributed by atoms with van der Waals surface area (Å²) in [4.78, 5) is 0. The molecule has 0 radical (unpaired) electrons. The predicted octanol–water partition coefficient (Wildman–Crippen LogP) is 2.20. The lowest BCUT2D eigenvalue weighted by Crippen LogP contribution is -2.12. The number of aliphatic hydroxyl groups excluding tert-OH is 1. The minimum absolute atomic E-state index is 0.471. The van der Waals surface area contributed by atoms with Gasteiger partial charge >= 0.3 is 0 Å². The second kappa shape index (κ2) is 8.34. The Bertz CT molecular complexity index is 157. The van der Waals surface area contributed by atoms with Crippen LogP contribution in [-0.4, -0.2) is 11.2 Å². The second-order valence-electron chi connectivity index (χ2n) is 2.16. The third-order valence-electron chi connectivity index (χ3n) is 1.41. The molecule has 0 rings (SSSR count). The van der Waals surface area contributed by atoms with Gasteiger partial charge in [0.05, 0.1) is 6.10 Å². The maximum atomic E-state index is 9.12. The fourth-order valence-electron chi connectivity index (χ4n) is 0.816. The highest BCUT2D eigenvalue weighted by molar-refractivity contribution is 5.29. The van der Waals surface area contributed by atoms with Gasteiger partial charge in [0.25, 0.3) is 0 Å². The zero-order chi connectivity index (χ0) is 10.1. The predicted molar refractivity (Wildman–Crippen MR) is 54.7 cm³/mol. The molecule has 0 fully saturated rings. The SMILES string of the molecule is C/C=C(N)\C(=C/C)C(C)O.CC. The smallest absolute Gasteiger partial charge is 0.0778 e. The standard InChI is InChI=1S/C8H15NO.C2H6/c1-4-7(6(3)10)8(9)5-2;1-2/h4-6,10H,9H2,1-3H3;1-2H3/b7-4-,8-5+;. The summed E-state index contributed by atoms with van der Waals surface area (Å²) in [5.74, 6) is 0. The number of hydrogen-bond acceptors (Lipinski definition) is 2. The number of hydrogen-bond donors (Lipinski definition) is 2. The minimum atomic E-state index is -0.471. The van der Waals surface area contributed by atoms with Gasteiger partial charge in [-0.25, -0.2) is 0 Å². The van der Waals surface area contributed by atoms with Crippen LogP contribution in [0.4, 0.5) is 0 Å². The van der Waals surface area contributed by atoms with Crippen LogP contribution < -0.4 is 5.73 Å². The molecule has 12 heavy (non-hydrogen) atoms. The Hall–Kier alpha value is -0.760. The molecule has 0 aliphatic rings. The first-order valence-corrected chi connectivity index (χ1v) is 4.39. The molecule has 0 spiro atoms. The first-order valence-electron chi connectivity index (χ1n) is 4.39. The molecule has 0 amide bonds. The molecule has 0 heterocycles. The lowest BCUT2D eigenvalue weighted by atomic mass is 10.1. The van der Waals surface area contributed by atoms with Gasteiger partial charge in [-0.15, -0.1) is 0 Å². The van der Waals surface area contributed by atoms with Gasteiger partial charge in [-0.1, -0.05) is 26.0 Å². The van der Waals surface area contributed by atoms with E-state index in [0.717, 1.165) is 5.57 Å². The Labute approximate surface area is 75.8 Å². The molecule has 0 aliphatic carbocycles. The van der Waals surface area contributed by atoms with Gasteiger partial charge in [0.15, 0.2) is 0 Å². The largest absolute Gasteiger partial charge is 0.399 e. The van der Waals surface area contributed by atoms with Crippen LogP contribution in [0, 0.1) is 0 Å². The molecule has 0 aromatic carbocycles. The van der Waals surface area contributed by atoms with E-state index in [1.165, 1.54) is 0 Å². The first kappa shape index (κ1) is 13.8. The zero-order valence-corrected chi connectivity index (χ0v) is 8.76. The highest BCUT2D eigenvalue weighted by atomic mass is 16.3. The van der Waals surface area contributed by atoms with Crippen molar-refractivity contribution in [1.82, 2.24) is 0 Å². The molecule has 72 valence electrons. The Morgan fingerprint density at radius 3 is 1.75 bits per heavy atom. The lowest BCUT2D eigenvalue weighted by Gasteiger charge is -2.08. The van der Waals surface area contributed by atoms with Crippen LogP contribution in [0.1, 0.15) is 34.6 Å². The number of aliphatic hydroxyl groups is 1. The van der Waals surface area contributed by atoms with Crippen molar-refractivity contribution in [3.63, 3.8) is 0 Å². The molecular weight excluding hydrogens is 150 g/mol. The average Bonchev–Trinajstić information content (AvgIpc) is 2.08. The van der Waals surface area contributed by atoms with Crippen LogP contribution in [0.3, 0.4) is 0 Å². The number of rotatable bonds is 2. The molecule has 0 aliphatic heterocycles. The summed E-state index contributed by atoms with van der Waals surface area (Å²) in [6, 6.07) is 0. The molecular formula is C10H21NO. The van der Waals surface area contributed by atoms with Gasteiger partial charge in [-0.3, -0.25) is 0 Å². The zero-order valence-electron chi connectivity index (χ0n) is 8.76. The Morgan fingerprint density at radius 2 is 1.67 bits per heavy atom. The minimum Gasteiger partial charge on any atom is -0.399 e. The summed E-state index contributed by atoms with van der Waals surface area (Å²) in [6.45, 7) is 9.41. The van der Waals surface area contributed by atoms with Crippen molar-refractivity contribution in [2.45, 2.75) is 40.7 Å². The third kappa shape index (κ3) is 4.97. The topological polar surface area (TPSA) is 46.2 Å². The molecule has 3 N–H and O–H groups in total. The Balaban J connectivity index is 0. The third-order valence-corrected chi connectivity index (χ3v) is 1.41. The van der Waals surface area contributed by atoms with Crippen LogP contribution in [0.2, 0.25) is 0 Å². The van der Waals surface area contributed by atoms with Gasteiger partial charge in [-0.05, 0) is 26.3 Å². The second-order valence-corrected chi connectivity index (χ2v) is 2.16. The quantitative estimate of drug-likeness (QED) is 0.626. The molecule has 2 nitrogen and oxygen atoms in total. The highest BCUT2D eigenvalue weighted by Crippen LogP contribution is 2.08. The maximum absolute atomic E-state index is 9.12. The molecule has 0 saturated heterocycles. The van der Waals surface area contributed by atoms with Crippen molar-refractivity contribution in [3.05, 3.63) is 23.4 Å². The van der Waals surface area contributed by atoms with E-state index in [9.17, 15) is 0 Å². The van der Waals surface area contributed by atoms with Crippen molar-refractivity contribution in [3.8, 4) is 0 Å². The van der Waals surface area contributed by atoms with E-state index in [1.807, 2.05) is 33.8 Å². The summed E-state index contributed by atoms with van der Waals surface area (Å²) in [6.07, 6.45) is 3.13. The van der Waals surface area contributed by atoms with Gasteiger partial charge in [0.2, 0.25) is 0 Å². The van der Waals surface area contributed by atoms with E-state index in [4.69, 9.17) is 10.8 Å². The molecule has 0 aromatic heterocycles. The van der Waals surface area contributed by atoms with Crippen LogP contribution in [-0.2, 0) is 0 Å². The molecule has 0 bridgehead atoms. The molecule has 1 atom stereocenters. The number of nitrogens with two attached hydrogens (primary N) is 1. The van der Waals surface area contributed by atoms with Crippen LogP contribution in [0.15, 0.2) is 23.4 Å². The van der Waals surface area contributed by atoms with Gasteiger partial charge in [0, 0.05) is 5.70 Å². The first-order chi connectivity index (χ1) is 5.63. The van der Waals surface area contributed by atoms with E-state index < -0.39 is 6.10 Å². The molecule has 0 saturated carbocycles. The summed E-state index contributed by atoms with van der Waals surface area (Å²) < 4.78 is 0. The average molecular weight is 171 g/mol. The van der Waals surface area contributed by atoms with E-state index in [1.54, 1.807) is 13.0 Å². The van der Waals surface area contributed by atoms with Crippen LogP contribution in [0.25, 0.3) is 0 Å². The highest BCUT2D eigenvalue weighted by Gasteiger charge is 2.04. The fraction of sp³-hybridized carbons (Fsp3) is 0.600. The van der Waals surface area contributed by atoms with E-state index in [-0.39, 0.29) is 0 Å². The molecule has 0 aromatic rings. The summed E-state index contributed by atoms with van der Waals surface area (Å²) in [7, 11) is 0. The molecule has 1 unspecified atom stereocenters. The lowest BCUT2D eigenvalue weighted by molar-refractivity contribution is 0.233. The van der Waals surface area contributed by atoms with Crippen molar-refractivity contribution in [2.24, 2.45) is 5.73 Å². The number of allylic oxidation sites excluding steroid dienone is 2. The van der Waals surface area contributed by atoms with Crippen LogP contribution >= 0.6 is 0 Å². The van der Waals surface area contributed by atoms with Crippen LogP contribution in [0.5, 0.6) is 0 Å².